The predicted molar refractivity (Wildman–Crippen MR) is 74.6 cm³/mol. The molecular weight excluding hydrogens is 250 g/mol. The number of aromatic carboxylic acids is 1. The maximum atomic E-state index is 10.9. The van der Waals surface area contributed by atoms with E-state index in [0.29, 0.717) is 17.7 Å². The number of carboxylic acids is 1. The summed E-state index contributed by atoms with van der Waals surface area (Å²) in [5.74, 6) is 0.590. The first-order chi connectivity index (χ1) is 8.51. The summed E-state index contributed by atoms with van der Waals surface area (Å²) in [7, 11) is 1.94. The van der Waals surface area contributed by atoms with Crippen LogP contribution in [0.1, 0.15) is 29.4 Å². The molecular formula is C12H19N3O2S. The first-order valence-corrected chi connectivity index (χ1v) is 7.19. The SMILES string of the molecule is CCC(CSC)N(C)c1ncc(C(=O)O)c(C)n1. The van der Waals surface area contributed by atoms with E-state index in [-0.39, 0.29) is 5.56 Å². The lowest BCUT2D eigenvalue weighted by molar-refractivity contribution is 0.0695. The topological polar surface area (TPSA) is 66.3 Å². The van der Waals surface area contributed by atoms with Crippen LogP contribution in [0.4, 0.5) is 5.95 Å². The molecule has 0 aliphatic rings. The van der Waals surface area contributed by atoms with Crippen molar-refractivity contribution in [3.63, 3.8) is 0 Å². The van der Waals surface area contributed by atoms with Crippen LogP contribution in [0.2, 0.25) is 0 Å². The summed E-state index contributed by atoms with van der Waals surface area (Å²) >= 11 is 1.78. The van der Waals surface area contributed by atoms with Gasteiger partial charge in [0.1, 0.15) is 0 Å². The zero-order chi connectivity index (χ0) is 13.7. The van der Waals surface area contributed by atoms with Crippen molar-refractivity contribution >= 4 is 23.7 Å². The standard InChI is InChI=1S/C12H19N3O2S/c1-5-9(7-18-4)15(3)12-13-6-10(11(16)17)8(2)14-12/h6,9H,5,7H2,1-4H3,(H,16,17). The molecule has 0 bridgehead atoms. The summed E-state index contributed by atoms with van der Waals surface area (Å²) in [6.45, 7) is 3.81. The van der Waals surface area contributed by atoms with Gasteiger partial charge in [-0.2, -0.15) is 11.8 Å². The van der Waals surface area contributed by atoms with E-state index in [1.165, 1.54) is 6.20 Å². The maximum Gasteiger partial charge on any atom is 0.339 e. The van der Waals surface area contributed by atoms with E-state index in [9.17, 15) is 4.79 Å². The van der Waals surface area contributed by atoms with Gasteiger partial charge in [0.05, 0.1) is 11.3 Å². The highest BCUT2D eigenvalue weighted by molar-refractivity contribution is 7.98. The third-order valence-electron chi connectivity index (χ3n) is 2.89. The number of aromatic nitrogens is 2. The van der Waals surface area contributed by atoms with Crippen molar-refractivity contribution in [3.8, 4) is 0 Å². The predicted octanol–water partition coefficient (Wildman–Crippen LogP) is 2.06. The van der Waals surface area contributed by atoms with E-state index in [0.717, 1.165) is 12.2 Å². The second kappa shape index (κ2) is 6.58. The van der Waals surface area contributed by atoms with Crippen molar-refractivity contribution in [3.05, 3.63) is 17.5 Å². The molecule has 1 aromatic rings. The van der Waals surface area contributed by atoms with E-state index < -0.39 is 5.97 Å². The molecule has 18 heavy (non-hydrogen) atoms. The molecule has 1 atom stereocenters. The summed E-state index contributed by atoms with van der Waals surface area (Å²) < 4.78 is 0. The van der Waals surface area contributed by atoms with Crippen LogP contribution in [-0.2, 0) is 0 Å². The van der Waals surface area contributed by atoms with Crippen LogP contribution in [0.25, 0.3) is 0 Å². The summed E-state index contributed by atoms with van der Waals surface area (Å²) in [5.41, 5.74) is 0.656. The largest absolute Gasteiger partial charge is 0.478 e. The number of anilines is 1. The molecule has 0 saturated heterocycles. The molecule has 6 heteroatoms. The molecule has 0 fully saturated rings. The minimum atomic E-state index is -0.988. The second-order valence-corrected chi connectivity index (χ2v) is 5.01. The number of rotatable bonds is 6. The van der Waals surface area contributed by atoms with Crippen LogP contribution in [0.3, 0.4) is 0 Å². The van der Waals surface area contributed by atoms with Crippen molar-refractivity contribution in [1.82, 2.24) is 9.97 Å². The number of thioether (sulfide) groups is 1. The van der Waals surface area contributed by atoms with Crippen LogP contribution in [0, 0.1) is 6.92 Å². The fraction of sp³-hybridized carbons (Fsp3) is 0.583. The molecule has 0 amide bonds. The Bertz CT molecular complexity index is 426. The quantitative estimate of drug-likeness (QED) is 0.852. The molecule has 0 aliphatic carbocycles. The van der Waals surface area contributed by atoms with Gasteiger partial charge in [-0.1, -0.05) is 6.92 Å². The normalized spacial score (nSPS) is 12.2. The Labute approximate surface area is 112 Å². The Morgan fingerprint density at radius 1 is 1.61 bits per heavy atom. The third-order valence-corrected chi connectivity index (χ3v) is 3.61. The zero-order valence-corrected chi connectivity index (χ0v) is 12.0. The van der Waals surface area contributed by atoms with Gasteiger partial charge in [-0.05, 0) is 19.6 Å². The van der Waals surface area contributed by atoms with E-state index in [1.807, 2.05) is 11.9 Å². The smallest absolute Gasteiger partial charge is 0.339 e. The molecule has 0 aromatic carbocycles. The summed E-state index contributed by atoms with van der Waals surface area (Å²) in [4.78, 5) is 21.3. The lowest BCUT2D eigenvalue weighted by Gasteiger charge is -2.26. The van der Waals surface area contributed by atoms with Crippen LogP contribution in [-0.4, -0.2) is 46.1 Å². The minimum Gasteiger partial charge on any atom is -0.478 e. The zero-order valence-electron chi connectivity index (χ0n) is 11.2. The molecule has 1 unspecified atom stereocenters. The molecule has 0 saturated carbocycles. The van der Waals surface area contributed by atoms with Gasteiger partial charge in [0.25, 0.3) is 0 Å². The van der Waals surface area contributed by atoms with Gasteiger partial charge >= 0.3 is 5.97 Å². The molecule has 1 heterocycles. The summed E-state index contributed by atoms with van der Waals surface area (Å²) in [5, 5.41) is 8.94. The van der Waals surface area contributed by atoms with Crippen molar-refractivity contribution in [2.24, 2.45) is 0 Å². The number of hydrogen-bond acceptors (Lipinski definition) is 5. The maximum absolute atomic E-state index is 10.9. The van der Waals surface area contributed by atoms with Crippen LogP contribution in [0.5, 0.6) is 0 Å². The van der Waals surface area contributed by atoms with Crippen LogP contribution >= 0.6 is 11.8 Å². The average molecular weight is 269 g/mol. The van der Waals surface area contributed by atoms with Crippen LogP contribution < -0.4 is 4.90 Å². The van der Waals surface area contributed by atoms with Crippen LogP contribution in [0.15, 0.2) is 6.20 Å². The Balaban J connectivity index is 2.96. The molecule has 1 aromatic heterocycles. The lowest BCUT2D eigenvalue weighted by Crippen LogP contribution is -2.34. The number of aryl methyl sites for hydroxylation is 1. The number of carboxylic acid groups (broad SMARTS) is 1. The van der Waals surface area contributed by atoms with Crippen molar-refractivity contribution in [1.29, 1.82) is 0 Å². The van der Waals surface area contributed by atoms with Gasteiger partial charge in [-0.3, -0.25) is 0 Å². The Morgan fingerprint density at radius 3 is 2.72 bits per heavy atom. The number of hydrogen-bond donors (Lipinski definition) is 1. The Morgan fingerprint density at radius 2 is 2.28 bits per heavy atom. The summed E-state index contributed by atoms with van der Waals surface area (Å²) in [6, 6.07) is 0.357. The number of nitrogens with zero attached hydrogens (tertiary/aromatic N) is 3. The minimum absolute atomic E-state index is 0.157. The molecule has 5 nitrogen and oxygen atoms in total. The Hall–Kier alpha value is -1.30. The van der Waals surface area contributed by atoms with Gasteiger partial charge in [0.2, 0.25) is 5.95 Å². The first-order valence-electron chi connectivity index (χ1n) is 5.79. The van der Waals surface area contributed by atoms with Crippen molar-refractivity contribution in [2.45, 2.75) is 26.3 Å². The first kappa shape index (κ1) is 14.8. The van der Waals surface area contributed by atoms with Gasteiger partial charge in [-0.15, -0.1) is 0 Å². The van der Waals surface area contributed by atoms with Gasteiger partial charge in [0.15, 0.2) is 0 Å². The highest BCUT2D eigenvalue weighted by Crippen LogP contribution is 2.16. The lowest BCUT2D eigenvalue weighted by atomic mass is 10.2. The van der Waals surface area contributed by atoms with Crippen molar-refractivity contribution in [2.75, 3.05) is 24.0 Å². The van der Waals surface area contributed by atoms with E-state index in [4.69, 9.17) is 5.11 Å². The fourth-order valence-electron chi connectivity index (χ4n) is 1.69. The van der Waals surface area contributed by atoms with Gasteiger partial charge in [-0.25, -0.2) is 14.8 Å². The monoisotopic (exact) mass is 269 g/mol. The molecule has 0 aliphatic heterocycles. The molecule has 100 valence electrons. The summed E-state index contributed by atoms with van der Waals surface area (Å²) in [6.07, 6.45) is 4.44. The average Bonchev–Trinajstić information content (AvgIpc) is 2.34. The Kier molecular flexibility index (Phi) is 5.40. The molecule has 1 rings (SSSR count). The highest BCUT2D eigenvalue weighted by Gasteiger charge is 2.17. The molecule has 0 spiro atoms. The van der Waals surface area contributed by atoms with Gasteiger partial charge < -0.3 is 10.0 Å². The van der Waals surface area contributed by atoms with Crippen molar-refractivity contribution < 1.29 is 9.90 Å². The van der Waals surface area contributed by atoms with E-state index >= 15 is 0 Å². The number of carbonyl (C=O) groups is 1. The van der Waals surface area contributed by atoms with E-state index in [2.05, 4.69) is 23.1 Å². The highest BCUT2D eigenvalue weighted by atomic mass is 32.2. The van der Waals surface area contributed by atoms with Gasteiger partial charge in [0, 0.05) is 25.0 Å². The fourth-order valence-corrected chi connectivity index (χ4v) is 2.54. The third kappa shape index (κ3) is 3.35. The molecule has 0 radical (unpaired) electrons. The van der Waals surface area contributed by atoms with E-state index in [1.54, 1.807) is 18.7 Å². The second-order valence-electron chi connectivity index (χ2n) is 4.10. The molecule has 1 N–H and O–H groups in total.